The third kappa shape index (κ3) is 3.78. The molecule has 0 amide bonds. The molecule has 0 bridgehead atoms. The molecule has 4 nitrogen and oxygen atoms in total. The minimum atomic E-state index is 0.698. The molecular formula is C19H23N3O. The highest BCUT2D eigenvalue weighted by Gasteiger charge is 2.17. The van der Waals surface area contributed by atoms with Gasteiger partial charge in [-0.3, -0.25) is 4.98 Å². The van der Waals surface area contributed by atoms with Crippen molar-refractivity contribution in [1.29, 1.82) is 0 Å². The number of aromatic nitrogens is 1. The first-order valence-electron chi connectivity index (χ1n) is 7.97. The van der Waals surface area contributed by atoms with Crippen molar-refractivity contribution in [1.82, 2.24) is 9.88 Å². The van der Waals surface area contributed by atoms with Crippen molar-refractivity contribution in [2.75, 3.05) is 45.3 Å². The van der Waals surface area contributed by atoms with Crippen LogP contribution in [0.15, 0.2) is 42.7 Å². The molecule has 0 aliphatic carbocycles. The van der Waals surface area contributed by atoms with E-state index in [1.54, 1.807) is 0 Å². The van der Waals surface area contributed by atoms with Crippen LogP contribution in [0, 0.1) is 0 Å². The predicted octanol–water partition coefficient (Wildman–Crippen LogP) is 3.28. The molecule has 0 unspecified atom stereocenters. The van der Waals surface area contributed by atoms with Gasteiger partial charge in [-0.05, 0) is 31.8 Å². The van der Waals surface area contributed by atoms with Crippen molar-refractivity contribution in [2.24, 2.45) is 0 Å². The SMILES string of the molecule is CN(C)CCOCCN1c2ccccc2C=Cc2cnccc21. The van der Waals surface area contributed by atoms with Crippen LogP contribution in [-0.2, 0) is 4.74 Å². The van der Waals surface area contributed by atoms with Crippen LogP contribution in [0.3, 0.4) is 0 Å². The topological polar surface area (TPSA) is 28.6 Å². The quantitative estimate of drug-likeness (QED) is 0.766. The largest absolute Gasteiger partial charge is 0.378 e. The number of hydrogen-bond acceptors (Lipinski definition) is 4. The minimum absolute atomic E-state index is 0.698. The van der Waals surface area contributed by atoms with Crippen molar-refractivity contribution in [3.05, 3.63) is 53.9 Å². The second kappa shape index (κ2) is 7.40. The van der Waals surface area contributed by atoms with Crippen molar-refractivity contribution in [3.8, 4) is 0 Å². The molecule has 0 saturated heterocycles. The average molecular weight is 309 g/mol. The van der Waals surface area contributed by atoms with Crippen molar-refractivity contribution in [3.63, 3.8) is 0 Å². The highest BCUT2D eigenvalue weighted by Crippen LogP contribution is 2.35. The van der Waals surface area contributed by atoms with Crippen LogP contribution >= 0.6 is 0 Å². The summed E-state index contributed by atoms with van der Waals surface area (Å²) in [4.78, 5) is 8.70. The number of likely N-dealkylation sites (N-methyl/N-ethyl adjacent to an activating group) is 1. The molecule has 120 valence electrons. The number of anilines is 2. The van der Waals surface area contributed by atoms with Crippen molar-refractivity contribution in [2.45, 2.75) is 0 Å². The van der Waals surface area contributed by atoms with Gasteiger partial charge in [0.05, 0.1) is 18.9 Å². The monoisotopic (exact) mass is 309 g/mol. The molecule has 1 aliphatic rings. The molecule has 2 heterocycles. The van der Waals surface area contributed by atoms with Gasteiger partial charge in [0.15, 0.2) is 0 Å². The molecule has 0 N–H and O–H groups in total. The molecule has 0 atom stereocenters. The Labute approximate surface area is 138 Å². The summed E-state index contributed by atoms with van der Waals surface area (Å²) >= 11 is 0. The van der Waals surface area contributed by atoms with Gasteiger partial charge in [-0.1, -0.05) is 30.4 Å². The van der Waals surface area contributed by atoms with E-state index < -0.39 is 0 Å². The summed E-state index contributed by atoms with van der Waals surface area (Å²) in [5.41, 5.74) is 4.75. The molecule has 3 rings (SSSR count). The summed E-state index contributed by atoms with van der Waals surface area (Å²) < 4.78 is 5.80. The van der Waals surface area contributed by atoms with Gasteiger partial charge >= 0.3 is 0 Å². The van der Waals surface area contributed by atoms with Crippen LogP contribution in [0.4, 0.5) is 11.4 Å². The fraction of sp³-hybridized carbons (Fsp3) is 0.316. The molecule has 1 aliphatic heterocycles. The maximum Gasteiger partial charge on any atom is 0.0646 e. The van der Waals surface area contributed by atoms with Crippen molar-refractivity contribution >= 4 is 23.5 Å². The molecule has 0 spiro atoms. The molecule has 0 radical (unpaired) electrons. The maximum absolute atomic E-state index is 5.80. The minimum Gasteiger partial charge on any atom is -0.378 e. The van der Waals surface area contributed by atoms with Gasteiger partial charge in [0, 0.05) is 36.7 Å². The number of para-hydroxylation sites is 1. The Morgan fingerprint density at radius 3 is 2.65 bits per heavy atom. The van der Waals surface area contributed by atoms with E-state index in [1.807, 2.05) is 12.4 Å². The molecule has 1 aromatic carbocycles. The van der Waals surface area contributed by atoms with E-state index in [9.17, 15) is 0 Å². The van der Waals surface area contributed by atoms with Gasteiger partial charge in [-0.2, -0.15) is 0 Å². The first-order valence-corrected chi connectivity index (χ1v) is 7.97. The second-order valence-electron chi connectivity index (χ2n) is 5.89. The third-order valence-electron chi connectivity index (χ3n) is 3.93. The van der Waals surface area contributed by atoms with Gasteiger partial charge in [0.1, 0.15) is 0 Å². The Bertz CT molecular complexity index is 632. The number of fused-ring (bicyclic) bond motifs is 2. The zero-order valence-electron chi connectivity index (χ0n) is 13.8. The lowest BCUT2D eigenvalue weighted by Gasteiger charge is -2.26. The lowest BCUT2D eigenvalue weighted by molar-refractivity contribution is 0.124. The maximum atomic E-state index is 5.80. The number of ether oxygens (including phenoxy) is 1. The fourth-order valence-electron chi connectivity index (χ4n) is 2.70. The highest BCUT2D eigenvalue weighted by atomic mass is 16.5. The van der Waals surface area contributed by atoms with E-state index in [2.05, 4.69) is 71.4 Å². The Kier molecular flexibility index (Phi) is 5.05. The fourth-order valence-corrected chi connectivity index (χ4v) is 2.70. The van der Waals surface area contributed by atoms with Gasteiger partial charge in [0.2, 0.25) is 0 Å². The summed E-state index contributed by atoms with van der Waals surface area (Å²) in [6, 6.07) is 10.5. The molecule has 2 aromatic rings. The van der Waals surface area contributed by atoms with Crippen LogP contribution < -0.4 is 4.90 Å². The lowest BCUT2D eigenvalue weighted by Crippen LogP contribution is -2.25. The molecule has 0 fully saturated rings. The number of pyridine rings is 1. The molecule has 23 heavy (non-hydrogen) atoms. The highest BCUT2D eigenvalue weighted by molar-refractivity contribution is 5.88. The smallest absolute Gasteiger partial charge is 0.0646 e. The standard InChI is InChI=1S/C19H23N3O/c1-21(2)11-13-23-14-12-22-18-6-4-3-5-16(18)7-8-17-15-20-10-9-19(17)22/h3-10,15H,11-14H2,1-2H3. The number of hydrogen-bond donors (Lipinski definition) is 0. The second-order valence-corrected chi connectivity index (χ2v) is 5.89. The zero-order chi connectivity index (χ0) is 16.1. The number of benzene rings is 1. The van der Waals surface area contributed by atoms with Crippen LogP contribution in [0.25, 0.3) is 12.2 Å². The van der Waals surface area contributed by atoms with Crippen LogP contribution in [0.5, 0.6) is 0 Å². The van der Waals surface area contributed by atoms with Crippen LogP contribution in [-0.4, -0.2) is 50.3 Å². The summed E-state index contributed by atoms with van der Waals surface area (Å²) in [5, 5.41) is 0. The normalized spacial score (nSPS) is 12.9. The molecule has 4 heteroatoms. The van der Waals surface area contributed by atoms with Crippen molar-refractivity contribution < 1.29 is 4.74 Å². The third-order valence-corrected chi connectivity index (χ3v) is 3.93. The Morgan fingerprint density at radius 1 is 1.00 bits per heavy atom. The van der Waals surface area contributed by atoms with Gasteiger partial charge in [-0.15, -0.1) is 0 Å². The van der Waals surface area contributed by atoms with E-state index in [0.717, 1.165) is 25.3 Å². The average Bonchev–Trinajstić information content (AvgIpc) is 2.72. The van der Waals surface area contributed by atoms with E-state index >= 15 is 0 Å². The van der Waals surface area contributed by atoms with Gasteiger partial charge in [-0.25, -0.2) is 0 Å². The summed E-state index contributed by atoms with van der Waals surface area (Å²) in [7, 11) is 4.12. The lowest BCUT2D eigenvalue weighted by atomic mass is 10.1. The van der Waals surface area contributed by atoms with E-state index in [0.29, 0.717) is 6.61 Å². The van der Waals surface area contributed by atoms with Gasteiger partial charge < -0.3 is 14.5 Å². The molecule has 0 saturated carbocycles. The summed E-state index contributed by atoms with van der Waals surface area (Å²) in [6.45, 7) is 3.22. The Balaban J connectivity index is 1.79. The first kappa shape index (κ1) is 15.7. The Morgan fingerprint density at radius 2 is 1.78 bits per heavy atom. The van der Waals surface area contributed by atoms with E-state index in [4.69, 9.17) is 4.74 Å². The molecular weight excluding hydrogens is 286 g/mol. The van der Waals surface area contributed by atoms with Gasteiger partial charge in [0.25, 0.3) is 0 Å². The first-order chi connectivity index (χ1) is 11.3. The molecule has 1 aromatic heterocycles. The van der Waals surface area contributed by atoms with E-state index in [-0.39, 0.29) is 0 Å². The summed E-state index contributed by atoms with van der Waals surface area (Å²) in [6.07, 6.45) is 8.05. The zero-order valence-corrected chi connectivity index (χ0v) is 13.8. The summed E-state index contributed by atoms with van der Waals surface area (Å²) in [5.74, 6) is 0. The van der Waals surface area contributed by atoms with E-state index in [1.165, 1.54) is 16.9 Å². The van der Waals surface area contributed by atoms with Crippen LogP contribution in [0.2, 0.25) is 0 Å². The number of nitrogens with zero attached hydrogens (tertiary/aromatic N) is 3. The van der Waals surface area contributed by atoms with Crippen LogP contribution in [0.1, 0.15) is 11.1 Å². The Hall–Kier alpha value is -2.17. The predicted molar refractivity (Wildman–Crippen MR) is 96.0 cm³/mol. The number of rotatable bonds is 6.